The molecule has 4 rings (SSSR count). The van der Waals surface area contributed by atoms with Crippen molar-refractivity contribution in [1.29, 1.82) is 0 Å². The Morgan fingerprint density at radius 2 is 1.91 bits per heavy atom. The van der Waals surface area contributed by atoms with E-state index in [1.807, 2.05) is 6.92 Å². The minimum absolute atomic E-state index is 0.0350. The van der Waals surface area contributed by atoms with E-state index < -0.39 is 0 Å². The average molecular weight is 476 g/mol. The van der Waals surface area contributed by atoms with Crippen molar-refractivity contribution in [2.24, 2.45) is 0 Å². The second-order valence-corrected chi connectivity index (χ2v) is 10.00. The van der Waals surface area contributed by atoms with Crippen molar-refractivity contribution >= 4 is 50.7 Å². The van der Waals surface area contributed by atoms with E-state index in [4.69, 9.17) is 0 Å². The smallest absolute Gasteiger partial charge is 0.237 e. The molecule has 168 valence electrons. The van der Waals surface area contributed by atoms with Crippen molar-refractivity contribution in [3.63, 3.8) is 0 Å². The lowest BCUT2D eigenvalue weighted by Crippen LogP contribution is -2.24. The molecule has 0 aliphatic heterocycles. The second kappa shape index (κ2) is 9.85. The Kier molecular flexibility index (Phi) is 6.91. The maximum atomic E-state index is 13.1. The Morgan fingerprint density at radius 1 is 1.09 bits per heavy atom. The van der Waals surface area contributed by atoms with Gasteiger partial charge in [0.1, 0.15) is 16.2 Å². The van der Waals surface area contributed by atoms with Crippen LogP contribution in [0.5, 0.6) is 0 Å². The maximum absolute atomic E-state index is 13.1. The topological polar surface area (TPSA) is 72.0 Å². The summed E-state index contributed by atoms with van der Waals surface area (Å²) in [7, 11) is 0. The number of amides is 1. The van der Waals surface area contributed by atoms with E-state index in [2.05, 4.69) is 52.7 Å². The Bertz CT molecular complexity index is 1350. The zero-order chi connectivity index (χ0) is 23.5. The molecule has 0 bridgehead atoms. The van der Waals surface area contributed by atoms with Gasteiger partial charge in [-0.1, -0.05) is 49.0 Å². The van der Waals surface area contributed by atoms with E-state index in [1.54, 1.807) is 41.9 Å². The van der Waals surface area contributed by atoms with Crippen LogP contribution in [0.2, 0.25) is 0 Å². The minimum Gasteiger partial charge on any atom is -0.325 e. The van der Waals surface area contributed by atoms with Crippen molar-refractivity contribution in [3.8, 4) is 11.1 Å². The van der Waals surface area contributed by atoms with Crippen LogP contribution >= 0.6 is 23.1 Å². The number of carbonyl (C=O) groups is 2. The average Bonchev–Trinajstić information content (AvgIpc) is 3.24. The lowest BCUT2D eigenvalue weighted by molar-refractivity contribution is -0.115. The Hall–Kier alpha value is -3.03. The van der Waals surface area contributed by atoms with E-state index in [-0.39, 0.29) is 16.9 Å². The molecule has 7 heteroatoms. The highest BCUT2D eigenvalue weighted by Gasteiger charge is 2.22. The second-order valence-electron chi connectivity index (χ2n) is 7.95. The molecule has 1 amide bonds. The number of rotatable bonds is 7. The minimum atomic E-state index is -0.336. The summed E-state index contributed by atoms with van der Waals surface area (Å²) in [5.74, 6) is -0.148. The monoisotopic (exact) mass is 475 g/mol. The number of nitrogens with zero attached hydrogens (tertiary/aromatic N) is 2. The molecule has 2 heterocycles. The molecular weight excluding hydrogens is 450 g/mol. The van der Waals surface area contributed by atoms with Gasteiger partial charge in [-0.25, -0.2) is 9.97 Å². The van der Waals surface area contributed by atoms with E-state index in [0.717, 1.165) is 26.4 Å². The predicted molar refractivity (Wildman–Crippen MR) is 137 cm³/mol. The van der Waals surface area contributed by atoms with Gasteiger partial charge >= 0.3 is 0 Å². The predicted octanol–water partition coefficient (Wildman–Crippen LogP) is 6.69. The standard InChI is InChI=1S/C26H25N3O2S2/c1-5-22(24(31)29-20-8-6-7-18(12-20)17(4)30)33-26-23-21(13-32-25(23)27-14-28-26)19-10-9-15(2)16(3)11-19/h6-14,22H,5H2,1-4H3,(H,29,31). The van der Waals surface area contributed by atoms with Crippen molar-refractivity contribution in [2.75, 3.05) is 5.32 Å². The van der Waals surface area contributed by atoms with E-state index in [0.29, 0.717) is 17.7 Å². The molecule has 0 radical (unpaired) electrons. The number of ketones is 1. The number of benzene rings is 2. The van der Waals surface area contributed by atoms with Gasteiger partial charge in [-0.2, -0.15) is 0 Å². The van der Waals surface area contributed by atoms with Gasteiger partial charge in [-0.15, -0.1) is 11.3 Å². The normalized spacial score (nSPS) is 12.0. The molecular formula is C26H25N3O2S2. The van der Waals surface area contributed by atoms with Crippen LogP contribution in [-0.4, -0.2) is 26.9 Å². The van der Waals surface area contributed by atoms with Crippen LogP contribution in [0.3, 0.4) is 0 Å². The summed E-state index contributed by atoms with van der Waals surface area (Å²) >= 11 is 3.04. The number of fused-ring (bicyclic) bond motifs is 1. The molecule has 5 nitrogen and oxygen atoms in total. The molecule has 2 aromatic heterocycles. The zero-order valence-electron chi connectivity index (χ0n) is 19.0. The van der Waals surface area contributed by atoms with Crippen LogP contribution < -0.4 is 5.32 Å². The Morgan fingerprint density at radius 3 is 2.64 bits per heavy atom. The lowest BCUT2D eigenvalue weighted by Gasteiger charge is -2.15. The summed E-state index contributed by atoms with van der Waals surface area (Å²) in [4.78, 5) is 34.7. The molecule has 2 aromatic carbocycles. The highest BCUT2D eigenvalue weighted by atomic mass is 32.2. The van der Waals surface area contributed by atoms with Gasteiger partial charge in [0.05, 0.1) is 10.6 Å². The Labute approximate surface area is 201 Å². The fourth-order valence-electron chi connectivity index (χ4n) is 3.55. The summed E-state index contributed by atoms with van der Waals surface area (Å²) in [5.41, 5.74) is 5.88. The molecule has 0 fully saturated rings. The first kappa shape index (κ1) is 23.1. The molecule has 0 aliphatic rings. The van der Waals surface area contributed by atoms with Crippen LogP contribution in [0.4, 0.5) is 5.69 Å². The fourth-order valence-corrected chi connectivity index (χ4v) is 5.57. The molecule has 1 atom stereocenters. The highest BCUT2D eigenvalue weighted by Crippen LogP contribution is 2.40. The largest absolute Gasteiger partial charge is 0.325 e. The molecule has 33 heavy (non-hydrogen) atoms. The van der Waals surface area contributed by atoms with Crippen LogP contribution in [0.25, 0.3) is 21.3 Å². The summed E-state index contributed by atoms with van der Waals surface area (Å²) in [6.07, 6.45) is 2.20. The summed E-state index contributed by atoms with van der Waals surface area (Å²) in [6.45, 7) is 7.71. The number of carbonyl (C=O) groups excluding carboxylic acids is 2. The SMILES string of the molecule is CCC(Sc1ncnc2scc(-c3ccc(C)c(C)c3)c12)C(=O)Nc1cccc(C(C)=O)c1. The van der Waals surface area contributed by atoms with Gasteiger partial charge in [0, 0.05) is 22.2 Å². The maximum Gasteiger partial charge on any atom is 0.237 e. The first-order chi connectivity index (χ1) is 15.9. The van der Waals surface area contributed by atoms with Gasteiger partial charge in [-0.05, 0) is 56.0 Å². The lowest BCUT2D eigenvalue weighted by atomic mass is 10.0. The third kappa shape index (κ3) is 4.99. The molecule has 0 spiro atoms. The molecule has 0 saturated carbocycles. The van der Waals surface area contributed by atoms with Crippen LogP contribution in [-0.2, 0) is 4.79 Å². The van der Waals surface area contributed by atoms with Crippen molar-refractivity contribution in [1.82, 2.24) is 9.97 Å². The van der Waals surface area contributed by atoms with Crippen molar-refractivity contribution in [3.05, 3.63) is 70.9 Å². The number of thiophene rings is 1. The van der Waals surface area contributed by atoms with Gasteiger partial charge in [-0.3, -0.25) is 9.59 Å². The van der Waals surface area contributed by atoms with E-state index >= 15 is 0 Å². The number of aromatic nitrogens is 2. The van der Waals surface area contributed by atoms with Gasteiger partial charge in [0.2, 0.25) is 5.91 Å². The number of nitrogens with one attached hydrogen (secondary N) is 1. The van der Waals surface area contributed by atoms with E-state index in [9.17, 15) is 9.59 Å². The van der Waals surface area contributed by atoms with Crippen molar-refractivity contribution in [2.45, 2.75) is 44.4 Å². The molecule has 0 saturated heterocycles. The molecule has 0 aliphatic carbocycles. The third-order valence-electron chi connectivity index (χ3n) is 5.61. The first-order valence-corrected chi connectivity index (χ1v) is 12.5. The Balaban J connectivity index is 1.64. The molecule has 4 aromatic rings. The molecule has 1 N–H and O–H groups in total. The van der Waals surface area contributed by atoms with E-state index in [1.165, 1.54) is 29.8 Å². The quantitative estimate of drug-likeness (QED) is 0.183. The highest BCUT2D eigenvalue weighted by molar-refractivity contribution is 8.00. The number of aryl methyl sites for hydroxylation is 2. The summed E-state index contributed by atoms with van der Waals surface area (Å²) in [5, 5.41) is 6.52. The van der Waals surface area contributed by atoms with Crippen LogP contribution in [0.15, 0.2) is 59.2 Å². The van der Waals surface area contributed by atoms with Gasteiger partial charge in [0.15, 0.2) is 5.78 Å². The summed E-state index contributed by atoms with van der Waals surface area (Å²) < 4.78 is 0. The number of hydrogen-bond acceptors (Lipinski definition) is 6. The fraction of sp³-hybridized carbons (Fsp3) is 0.231. The van der Waals surface area contributed by atoms with Crippen molar-refractivity contribution < 1.29 is 9.59 Å². The number of hydrogen-bond donors (Lipinski definition) is 1. The first-order valence-electron chi connectivity index (χ1n) is 10.8. The van der Waals surface area contributed by atoms with Crippen LogP contribution in [0, 0.1) is 13.8 Å². The number of anilines is 1. The van der Waals surface area contributed by atoms with Gasteiger partial charge < -0.3 is 5.32 Å². The van der Waals surface area contributed by atoms with Gasteiger partial charge in [0.25, 0.3) is 0 Å². The molecule has 1 unspecified atom stereocenters. The zero-order valence-corrected chi connectivity index (χ0v) is 20.6. The number of thioether (sulfide) groups is 1. The summed E-state index contributed by atoms with van der Waals surface area (Å²) in [6, 6.07) is 13.4. The number of Topliss-reactive ketones (excluding diaryl/α,β-unsaturated/α-hetero) is 1. The third-order valence-corrected chi connectivity index (χ3v) is 7.86. The van der Waals surface area contributed by atoms with Crippen LogP contribution in [0.1, 0.15) is 41.8 Å².